The molecule has 7 nitrogen and oxygen atoms in total. The molecule has 0 bridgehead atoms. The number of fused-ring (bicyclic) bond motifs is 2. The molecule has 3 heterocycles. The van der Waals surface area contributed by atoms with Crippen molar-refractivity contribution in [1.82, 2.24) is 24.8 Å². The Balaban J connectivity index is 0.967. The van der Waals surface area contributed by atoms with Gasteiger partial charge in [-0.05, 0) is 61.8 Å². The van der Waals surface area contributed by atoms with Gasteiger partial charge in [0.2, 0.25) is 11.8 Å². The third-order valence-electron chi connectivity index (χ3n) is 8.38. The van der Waals surface area contributed by atoms with E-state index >= 15 is 0 Å². The summed E-state index contributed by atoms with van der Waals surface area (Å²) in [6.45, 7) is 4.80. The molecule has 1 saturated heterocycles. The number of nitrogens with one attached hydrogen (secondary N) is 2. The lowest BCUT2D eigenvalue weighted by molar-refractivity contribution is -0.133. The molecule has 7 heteroatoms. The van der Waals surface area contributed by atoms with Crippen LogP contribution in [-0.2, 0) is 22.6 Å². The number of H-pyrrole nitrogens is 1. The maximum atomic E-state index is 12.9. The summed E-state index contributed by atoms with van der Waals surface area (Å²) in [5, 5.41) is 4.39. The van der Waals surface area contributed by atoms with Gasteiger partial charge in [-0.1, -0.05) is 30.3 Å². The zero-order chi connectivity index (χ0) is 24.7. The number of nitrogens with zero attached hydrogens (tertiary/aromatic N) is 3. The summed E-state index contributed by atoms with van der Waals surface area (Å²) in [6, 6.07) is 16.3. The van der Waals surface area contributed by atoms with Crippen LogP contribution >= 0.6 is 0 Å². The fraction of sp³-hybridized carbons (Fsp3) is 0.414. The van der Waals surface area contributed by atoms with E-state index in [2.05, 4.69) is 38.1 Å². The molecule has 4 aromatic rings. The first-order chi connectivity index (χ1) is 17.5. The maximum Gasteiger partial charge on any atom is 0.224 e. The van der Waals surface area contributed by atoms with E-state index in [-0.39, 0.29) is 23.1 Å². The largest absolute Gasteiger partial charge is 0.361 e. The summed E-state index contributed by atoms with van der Waals surface area (Å²) in [7, 11) is 0. The highest BCUT2D eigenvalue weighted by Gasteiger charge is 2.58. The van der Waals surface area contributed by atoms with Gasteiger partial charge >= 0.3 is 0 Å². The van der Waals surface area contributed by atoms with Crippen molar-refractivity contribution in [3.05, 3.63) is 66.1 Å². The Kier molecular flexibility index (Phi) is 5.78. The van der Waals surface area contributed by atoms with Gasteiger partial charge in [0, 0.05) is 55.6 Å². The Morgan fingerprint density at radius 2 is 1.89 bits per heavy atom. The van der Waals surface area contributed by atoms with Gasteiger partial charge in [0.25, 0.3) is 0 Å². The molecule has 2 aromatic carbocycles. The lowest BCUT2D eigenvalue weighted by atomic mass is 9.90. The number of rotatable bonds is 7. The zero-order valence-corrected chi connectivity index (χ0v) is 20.8. The Morgan fingerprint density at radius 3 is 2.75 bits per heavy atom. The first kappa shape index (κ1) is 22.8. The van der Waals surface area contributed by atoms with Crippen LogP contribution in [0, 0.1) is 18.3 Å². The second-order valence-corrected chi connectivity index (χ2v) is 10.4. The van der Waals surface area contributed by atoms with Crippen LogP contribution in [0.15, 0.2) is 54.7 Å². The van der Waals surface area contributed by atoms with E-state index in [0.29, 0.717) is 19.5 Å². The van der Waals surface area contributed by atoms with Gasteiger partial charge in [-0.3, -0.25) is 9.59 Å². The summed E-state index contributed by atoms with van der Waals surface area (Å²) in [5.74, 6) is 1.41. The van der Waals surface area contributed by atoms with E-state index in [9.17, 15) is 9.59 Å². The molecule has 186 valence electrons. The van der Waals surface area contributed by atoms with Crippen LogP contribution < -0.4 is 5.32 Å². The third kappa shape index (κ3) is 4.16. The summed E-state index contributed by atoms with van der Waals surface area (Å²) in [5.41, 5.74) is 4.52. The number of carbonyl (C=O) groups excluding carboxylic acids is 2. The van der Waals surface area contributed by atoms with Crippen molar-refractivity contribution in [2.24, 2.45) is 11.3 Å². The van der Waals surface area contributed by atoms with Crippen LogP contribution in [0.3, 0.4) is 0 Å². The van der Waals surface area contributed by atoms with E-state index in [1.165, 1.54) is 10.9 Å². The number of para-hydroxylation sites is 3. The lowest BCUT2D eigenvalue weighted by Crippen LogP contribution is -2.41. The number of aryl methyl sites for hydroxylation is 2. The number of amides is 2. The quantitative estimate of drug-likeness (QED) is 0.413. The molecule has 1 spiro atoms. The molecule has 2 aromatic heterocycles. The van der Waals surface area contributed by atoms with E-state index in [1.54, 1.807) is 0 Å². The van der Waals surface area contributed by atoms with Gasteiger partial charge in [-0.25, -0.2) is 4.98 Å². The van der Waals surface area contributed by atoms with Gasteiger partial charge in [0.15, 0.2) is 0 Å². The molecule has 2 fully saturated rings. The van der Waals surface area contributed by atoms with Crippen molar-refractivity contribution in [2.75, 3.05) is 19.6 Å². The van der Waals surface area contributed by atoms with Gasteiger partial charge in [0.1, 0.15) is 5.82 Å². The second kappa shape index (κ2) is 9.12. The van der Waals surface area contributed by atoms with Gasteiger partial charge < -0.3 is 19.8 Å². The van der Waals surface area contributed by atoms with E-state index in [1.807, 2.05) is 48.4 Å². The predicted octanol–water partition coefficient (Wildman–Crippen LogP) is 4.20. The number of benzene rings is 2. The minimum Gasteiger partial charge on any atom is -0.361 e. The van der Waals surface area contributed by atoms with Crippen LogP contribution in [-0.4, -0.2) is 50.9 Å². The van der Waals surface area contributed by atoms with Crippen LogP contribution in [0.5, 0.6) is 0 Å². The molecule has 1 aliphatic carbocycles. The van der Waals surface area contributed by atoms with E-state index < -0.39 is 0 Å². The third-order valence-corrected chi connectivity index (χ3v) is 8.38. The molecule has 0 unspecified atom stereocenters. The summed E-state index contributed by atoms with van der Waals surface area (Å²) >= 11 is 0. The molecule has 2 aliphatic rings. The first-order valence-corrected chi connectivity index (χ1v) is 13.1. The maximum absolute atomic E-state index is 12.9. The van der Waals surface area contributed by atoms with Crippen molar-refractivity contribution >= 4 is 33.8 Å². The molecule has 6 rings (SSSR count). The van der Waals surface area contributed by atoms with Crippen LogP contribution in [0.2, 0.25) is 0 Å². The molecule has 1 aliphatic heterocycles. The second-order valence-electron chi connectivity index (χ2n) is 10.4. The average Bonchev–Trinajstić information content (AvgIpc) is 3.27. The number of aromatic nitrogens is 3. The van der Waals surface area contributed by atoms with E-state index in [4.69, 9.17) is 0 Å². The molecule has 1 saturated carbocycles. The molecule has 2 N–H and O–H groups in total. The number of hydrogen-bond donors (Lipinski definition) is 2. The molecular weight excluding hydrogens is 450 g/mol. The molecular formula is C29H33N5O2. The fourth-order valence-corrected chi connectivity index (χ4v) is 6.10. The van der Waals surface area contributed by atoms with Crippen molar-refractivity contribution < 1.29 is 9.59 Å². The molecule has 1 atom stereocenters. The predicted molar refractivity (Wildman–Crippen MR) is 140 cm³/mol. The number of hydrogen-bond acceptors (Lipinski definition) is 3. The van der Waals surface area contributed by atoms with Crippen molar-refractivity contribution in [1.29, 1.82) is 0 Å². The van der Waals surface area contributed by atoms with Crippen LogP contribution in [0.25, 0.3) is 21.9 Å². The first-order valence-electron chi connectivity index (χ1n) is 13.1. The minimum atomic E-state index is 0.0951. The van der Waals surface area contributed by atoms with Crippen LogP contribution in [0.4, 0.5) is 0 Å². The Hall–Kier alpha value is -3.61. The number of carbonyl (C=O) groups is 2. The normalized spacial score (nSPS) is 18.7. The lowest BCUT2D eigenvalue weighted by Gasteiger charge is -2.33. The van der Waals surface area contributed by atoms with Crippen molar-refractivity contribution in [3.8, 4) is 0 Å². The highest BCUT2D eigenvalue weighted by molar-refractivity contribution is 5.84. The average molecular weight is 484 g/mol. The Morgan fingerprint density at radius 1 is 1.11 bits per heavy atom. The van der Waals surface area contributed by atoms with Gasteiger partial charge in [0.05, 0.1) is 11.0 Å². The highest BCUT2D eigenvalue weighted by Crippen LogP contribution is 2.59. The number of imidazole rings is 1. The van der Waals surface area contributed by atoms with Gasteiger partial charge in [-0.2, -0.15) is 0 Å². The molecule has 0 radical (unpaired) electrons. The number of piperidine rings is 1. The Bertz CT molecular complexity index is 1430. The van der Waals surface area contributed by atoms with Crippen LogP contribution in [0.1, 0.15) is 37.1 Å². The zero-order valence-electron chi connectivity index (χ0n) is 20.8. The van der Waals surface area contributed by atoms with Gasteiger partial charge in [-0.15, -0.1) is 0 Å². The topological polar surface area (TPSA) is 83.0 Å². The summed E-state index contributed by atoms with van der Waals surface area (Å²) in [6.07, 6.45) is 6.14. The summed E-state index contributed by atoms with van der Waals surface area (Å²) < 4.78 is 2.14. The van der Waals surface area contributed by atoms with Crippen molar-refractivity contribution in [3.63, 3.8) is 0 Å². The molecule has 36 heavy (non-hydrogen) atoms. The highest BCUT2D eigenvalue weighted by atomic mass is 16.2. The summed E-state index contributed by atoms with van der Waals surface area (Å²) in [4.78, 5) is 35.7. The molecule has 2 amide bonds. The number of likely N-dealkylation sites (tertiary alicyclic amines) is 1. The van der Waals surface area contributed by atoms with E-state index in [0.717, 1.165) is 61.1 Å². The Labute approximate surface area is 210 Å². The fourth-order valence-electron chi connectivity index (χ4n) is 6.10. The minimum absolute atomic E-state index is 0.0951. The number of aromatic amines is 1. The standard InChI is InChI=1S/C29H33N5O2/c1-20-32-25-8-4-5-9-26(25)34(20)15-11-27(35)33-16-12-29(13-17-33)18-23(29)28(36)30-14-10-21-19-31-24-7-3-2-6-22(21)24/h2-9,19,23,31H,10-18H2,1H3,(H,30,36)/t23-/m1/s1. The smallest absolute Gasteiger partial charge is 0.224 e. The van der Waals surface area contributed by atoms with Crippen molar-refractivity contribution in [2.45, 2.75) is 45.6 Å². The SMILES string of the molecule is Cc1nc2ccccc2n1CCC(=O)N1CCC2(CC1)C[C@@H]2C(=O)NCCc1c[nH]c2ccccc12. The monoisotopic (exact) mass is 483 g/mol.